The first kappa shape index (κ1) is 14.4. The average Bonchev–Trinajstić information content (AvgIpc) is 2.90. The number of carbonyl (C=O) groups is 1. The Kier molecular flexibility index (Phi) is 3.68. The minimum Gasteiger partial charge on any atom is -0.487 e. The summed E-state index contributed by atoms with van der Waals surface area (Å²) in [5.41, 5.74) is 2.06. The monoisotopic (exact) mass is 287 g/mol. The average molecular weight is 287 g/mol. The third kappa shape index (κ3) is 3.07. The molecule has 3 rings (SSSR count). The minimum atomic E-state index is -0.242. The Hall–Kier alpha value is -1.51. The summed E-state index contributed by atoms with van der Waals surface area (Å²) in [5, 5.41) is 3.27. The van der Waals surface area contributed by atoms with E-state index in [1.807, 2.05) is 0 Å². The molecule has 1 unspecified atom stereocenters. The predicted octanol–water partition coefficient (Wildman–Crippen LogP) is 3.90. The van der Waals surface area contributed by atoms with Gasteiger partial charge in [0.15, 0.2) is 0 Å². The molecule has 1 fully saturated rings. The number of fused-ring (bicyclic) bond motifs is 1. The van der Waals surface area contributed by atoms with E-state index in [2.05, 4.69) is 44.3 Å². The quantitative estimate of drug-likeness (QED) is 0.895. The largest absolute Gasteiger partial charge is 0.487 e. The number of hydrogen-bond donors (Lipinski definition) is 1. The lowest BCUT2D eigenvalue weighted by Gasteiger charge is -2.38. The van der Waals surface area contributed by atoms with Crippen LogP contribution in [0.1, 0.15) is 63.1 Å². The molecule has 1 heterocycles. The van der Waals surface area contributed by atoms with E-state index >= 15 is 0 Å². The second kappa shape index (κ2) is 5.36. The second-order valence-electron chi connectivity index (χ2n) is 7.15. The zero-order valence-corrected chi connectivity index (χ0v) is 13.2. The number of rotatable bonds is 2. The molecule has 1 aromatic rings. The van der Waals surface area contributed by atoms with E-state index in [0.29, 0.717) is 0 Å². The Morgan fingerprint density at radius 1 is 1.29 bits per heavy atom. The topological polar surface area (TPSA) is 38.3 Å². The first-order valence-electron chi connectivity index (χ1n) is 8.04. The van der Waals surface area contributed by atoms with Crippen molar-refractivity contribution < 1.29 is 9.53 Å². The first-order chi connectivity index (χ1) is 9.94. The molecule has 1 N–H and O–H groups in total. The third-order valence-electron chi connectivity index (χ3n) is 4.67. The van der Waals surface area contributed by atoms with E-state index in [9.17, 15) is 4.79 Å². The van der Waals surface area contributed by atoms with Gasteiger partial charge in [0.2, 0.25) is 5.91 Å². The summed E-state index contributed by atoms with van der Waals surface area (Å²) in [5.74, 6) is 1.36. The van der Waals surface area contributed by atoms with E-state index in [0.717, 1.165) is 30.6 Å². The Bertz CT molecular complexity index is 544. The number of nitrogens with one attached hydrogen (secondary N) is 1. The predicted molar refractivity (Wildman–Crippen MR) is 83.3 cm³/mol. The zero-order valence-electron chi connectivity index (χ0n) is 13.2. The molecule has 1 aliphatic carbocycles. The van der Waals surface area contributed by atoms with Gasteiger partial charge in [0.25, 0.3) is 0 Å². The van der Waals surface area contributed by atoms with Crippen LogP contribution in [0.4, 0.5) is 0 Å². The van der Waals surface area contributed by atoms with E-state index in [4.69, 9.17) is 4.74 Å². The highest BCUT2D eigenvalue weighted by Crippen LogP contribution is 2.40. The van der Waals surface area contributed by atoms with Gasteiger partial charge in [-0.05, 0) is 45.2 Å². The van der Waals surface area contributed by atoms with Gasteiger partial charge in [0.1, 0.15) is 11.4 Å². The summed E-state index contributed by atoms with van der Waals surface area (Å²) in [6.45, 7) is 6.25. The molecule has 0 saturated heterocycles. The van der Waals surface area contributed by atoms with Crippen molar-refractivity contribution in [2.75, 3.05) is 0 Å². The van der Waals surface area contributed by atoms with Crippen LogP contribution >= 0.6 is 0 Å². The smallest absolute Gasteiger partial charge is 0.223 e. The van der Waals surface area contributed by atoms with Crippen molar-refractivity contribution in [2.45, 2.75) is 64.5 Å². The Morgan fingerprint density at radius 2 is 2.00 bits per heavy atom. The standard InChI is InChI=1S/C18H25NO2/c1-12-8-9-14-15(11-18(2,3)21-16(14)10-12)19-17(20)13-6-4-5-7-13/h8-10,13,15H,4-7,11H2,1-3H3,(H,19,20). The lowest BCUT2D eigenvalue weighted by molar-refractivity contribution is -0.126. The number of carbonyl (C=O) groups excluding carboxylic acids is 1. The van der Waals surface area contributed by atoms with Gasteiger partial charge in [0, 0.05) is 17.9 Å². The SMILES string of the molecule is Cc1ccc2c(c1)OC(C)(C)CC2NC(=O)C1CCCC1. The highest BCUT2D eigenvalue weighted by Gasteiger charge is 2.35. The van der Waals surface area contributed by atoms with Gasteiger partial charge in [-0.3, -0.25) is 4.79 Å². The number of ether oxygens (including phenoxy) is 1. The highest BCUT2D eigenvalue weighted by atomic mass is 16.5. The van der Waals surface area contributed by atoms with E-state index < -0.39 is 0 Å². The fourth-order valence-corrected chi connectivity index (χ4v) is 3.57. The number of aryl methyl sites for hydroxylation is 1. The summed E-state index contributed by atoms with van der Waals surface area (Å²) in [6.07, 6.45) is 5.28. The van der Waals surface area contributed by atoms with E-state index in [-0.39, 0.29) is 23.5 Å². The molecule has 114 valence electrons. The molecular weight excluding hydrogens is 262 g/mol. The maximum atomic E-state index is 12.4. The van der Waals surface area contributed by atoms with Crippen molar-refractivity contribution in [3.8, 4) is 5.75 Å². The van der Waals surface area contributed by atoms with Crippen LogP contribution in [0.25, 0.3) is 0 Å². The summed E-state index contributed by atoms with van der Waals surface area (Å²) in [4.78, 5) is 12.4. The van der Waals surface area contributed by atoms with Crippen LogP contribution in [0.3, 0.4) is 0 Å². The summed E-state index contributed by atoms with van der Waals surface area (Å²) in [7, 11) is 0. The Labute approximate surface area is 127 Å². The van der Waals surface area contributed by atoms with Crippen molar-refractivity contribution in [3.63, 3.8) is 0 Å². The van der Waals surface area contributed by atoms with Crippen molar-refractivity contribution in [2.24, 2.45) is 5.92 Å². The molecular formula is C18H25NO2. The molecule has 21 heavy (non-hydrogen) atoms. The van der Waals surface area contributed by atoms with Gasteiger partial charge >= 0.3 is 0 Å². The summed E-state index contributed by atoms with van der Waals surface area (Å²) < 4.78 is 6.09. The molecule has 3 nitrogen and oxygen atoms in total. The van der Waals surface area contributed by atoms with Crippen LogP contribution in [0.5, 0.6) is 5.75 Å². The van der Waals surface area contributed by atoms with Crippen molar-refractivity contribution in [1.82, 2.24) is 5.32 Å². The van der Waals surface area contributed by atoms with Crippen molar-refractivity contribution >= 4 is 5.91 Å². The Morgan fingerprint density at radius 3 is 2.71 bits per heavy atom. The van der Waals surface area contributed by atoms with Gasteiger partial charge in [-0.25, -0.2) is 0 Å². The summed E-state index contributed by atoms with van der Waals surface area (Å²) in [6, 6.07) is 6.33. The first-order valence-corrected chi connectivity index (χ1v) is 8.04. The fourth-order valence-electron chi connectivity index (χ4n) is 3.57. The molecule has 3 heteroatoms. The van der Waals surface area contributed by atoms with Gasteiger partial charge in [0.05, 0.1) is 6.04 Å². The number of hydrogen-bond acceptors (Lipinski definition) is 2. The molecule has 1 atom stereocenters. The normalized spacial score (nSPS) is 24.2. The zero-order chi connectivity index (χ0) is 15.0. The lowest BCUT2D eigenvalue weighted by atomic mass is 9.88. The lowest BCUT2D eigenvalue weighted by Crippen LogP contribution is -2.42. The molecule has 0 radical (unpaired) electrons. The van der Waals surface area contributed by atoms with E-state index in [1.54, 1.807) is 0 Å². The minimum absolute atomic E-state index is 0.0671. The Balaban J connectivity index is 1.83. The highest BCUT2D eigenvalue weighted by molar-refractivity contribution is 5.79. The van der Waals surface area contributed by atoms with Crippen LogP contribution < -0.4 is 10.1 Å². The molecule has 1 saturated carbocycles. The molecule has 0 aromatic heterocycles. The number of benzene rings is 1. The summed E-state index contributed by atoms with van der Waals surface area (Å²) >= 11 is 0. The number of amides is 1. The fraction of sp³-hybridized carbons (Fsp3) is 0.611. The van der Waals surface area contributed by atoms with Crippen LogP contribution in [-0.4, -0.2) is 11.5 Å². The van der Waals surface area contributed by atoms with E-state index in [1.165, 1.54) is 18.4 Å². The van der Waals surface area contributed by atoms with Gasteiger partial charge in [-0.15, -0.1) is 0 Å². The van der Waals surface area contributed by atoms with Crippen LogP contribution in [0, 0.1) is 12.8 Å². The van der Waals surface area contributed by atoms with Crippen molar-refractivity contribution in [1.29, 1.82) is 0 Å². The molecule has 1 aliphatic heterocycles. The van der Waals surface area contributed by atoms with Gasteiger partial charge in [-0.2, -0.15) is 0 Å². The molecule has 1 aromatic carbocycles. The molecule has 2 aliphatic rings. The van der Waals surface area contributed by atoms with Crippen LogP contribution in [0.15, 0.2) is 18.2 Å². The van der Waals surface area contributed by atoms with Crippen molar-refractivity contribution in [3.05, 3.63) is 29.3 Å². The molecule has 0 spiro atoms. The van der Waals surface area contributed by atoms with Gasteiger partial charge in [-0.1, -0.05) is 25.0 Å². The second-order valence-corrected chi connectivity index (χ2v) is 7.15. The van der Waals surface area contributed by atoms with Crippen LogP contribution in [0.2, 0.25) is 0 Å². The molecule has 0 bridgehead atoms. The van der Waals surface area contributed by atoms with Gasteiger partial charge < -0.3 is 10.1 Å². The maximum Gasteiger partial charge on any atom is 0.223 e. The molecule has 1 amide bonds. The van der Waals surface area contributed by atoms with Crippen LogP contribution in [-0.2, 0) is 4.79 Å². The third-order valence-corrected chi connectivity index (χ3v) is 4.67. The maximum absolute atomic E-state index is 12.4.